The van der Waals surface area contributed by atoms with Gasteiger partial charge in [0.05, 0.1) is 11.5 Å². The van der Waals surface area contributed by atoms with E-state index >= 15 is 0 Å². The van der Waals surface area contributed by atoms with E-state index in [2.05, 4.69) is 4.72 Å². The van der Waals surface area contributed by atoms with Crippen LogP contribution in [0, 0.1) is 5.82 Å². The quantitative estimate of drug-likeness (QED) is 0.774. The van der Waals surface area contributed by atoms with E-state index in [4.69, 9.17) is 4.74 Å². The molecule has 0 radical (unpaired) electrons. The third-order valence-electron chi connectivity index (χ3n) is 3.53. The molecule has 8 heteroatoms. The monoisotopic (exact) mass is 372 g/mol. The van der Waals surface area contributed by atoms with Gasteiger partial charge >= 0.3 is 0 Å². The summed E-state index contributed by atoms with van der Waals surface area (Å²) in [5, 5.41) is 3.93. The fourth-order valence-corrected chi connectivity index (χ4v) is 4.01. The zero-order valence-electron chi connectivity index (χ0n) is 13.8. The van der Waals surface area contributed by atoms with Gasteiger partial charge in [-0.2, -0.15) is 11.3 Å². The topological polar surface area (TPSA) is 58.6 Å². The molecule has 0 amide bonds. The summed E-state index contributed by atoms with van der Waals surface area (Å²) in [4.78, 5) is 1.81. The molecule has 2 aromatic rings. The Labute approximate surface area is 146 Å². The van der Waals surface area contributed by atoms with E-state index in [1.54, 1.807) is 18.3 Å². The van der Waals surface area contributed by atoms with Crippen molar-refractivity contribution in [2.45, 2.75) is 17.9 Å². The maximum atomic E-state index is 13.9. The molecule has 1 atom stereocenters. The van der Waals surface area contributed by atoms with Crippen molar-refractivity contribution in [1.29, 1.82) is 0 Å². The number of nitrogens with zero attached hydrogens (tertiary/aromatic N) is 1. The van der Waals surface area contributed by atoms with Crippen molar-refractivity contribution in [3.8, 4) is 5.75 Å². The summed E-state index contributed by atoms with van der Waals surface area (Å²) in [6, 6.07) is 5.50. The minimum atomic E-state index is -3.80. The molecule has 2 rings (SSSR count). The number of rotatable bonds is 8. The zero-order valence-corrected chi connectivity index (χ0v) is 15.5. The maximum absolute atomic E-state index is 13.9. The first-order valence-corrected chi connectivity index (χ1v) is 9.88. The highest BCUT2D eigenvalue weighted by molar-refractivity contribution is 7.89. The predicted molar refractivity (Wildman–Crippen MR) is 93.5 cm³/mol. The Morgan fingerprint density at radius 3 is 2.62 bits per heavy atom. The summed E-state index contributed by atoms with van der Waals surface area (Å²) in [6.07, 6.45) is 0. The van der Waals surface area contributed by atoms with Crippen molar-refractivity contribution in [1.82, 2.24) is 9.62 Å². The Balaban J connectivity index is 2.14. The molecule has 1 aromatic carbocycles. The van der Waals surface area contributed by atoms with E-state index in [0.717, 1.165) is 11.6 Å². The number of halogens is 1. The van der Waals surface area contributed by atoms with Gasteiger partial charge in [-0.05, 0) is 61.6 Å². The van der Waals surface area contributed by atoms with Crippen LogP contribution in [0.2, 0.25) is 0 Å². The van der Waals surface area contributed by atoms with Crippen LogP contribution >= 0.6 is 11.3 Å². The van der Waals surface area contributed by atoms with Gasteiger partial charge in [-0.25, -0.2) is 17.5 Å². The third-order valence-corrected chi connectivity index (χ3v) is 5.65. The summed E-state index contributed by atoms with van der Waals surface area (Å²) in [7, 11) is -0.0387. The van der Waals surface area contributed by atoms with Gasteiger partial charge in [-0.15, -0.1) is 0 Å². The highest BCUT2D eigenvalue weighted by atomic mass is 32.2. The Bertz CT molecular complexity index is 762. The van der Waals surface area contributed by atoms with Crippen LogP contribution < -0.4 is 9.46 Å². The standard InChI is InChI=1S/C16H21FN2O3S2/c1-4-22-16-6-5-13(9-14(16)17)24(20,21)18-10-15(19(2)3)12-7-8-23-11-12/h5-9,11,15,18H,4,10H2,1-3H3/t15-/m0/s1. The first-order chi connectivity index (χ1) is 11.3. The lowest BCUT2D eigenvalue weighted by molar-refractivity contribution is 0.300. The van der Waals surface area contributed by atoms with Crippen LogP contribution in [-0.2, 0) is 10.0 Å². The van der Waals surface area contributed by atoms with Gasteiger partial charge < -0.3 is 9.64 Å². The van der Waals surface area contributed by atoms with Crippen molar-refractivity contribution < 1.29 is 17.5 Å². The van der Waals surface area contributed by atoms with Gasteiger partial charge in [0.1, 0.15) is 0 Å². The number of ether oxygens (including phenoxy) is 1. The summed E-state index contributed by atoms with van der Waals surface area (Å²) in [5.41, 5.74) is 1.03. The number of thiophene rings is 1. The molecule has 0 aliphatic rings. The highest BCUT2D eigenvalue weighted by Gasteiger charge is 2.21. The number of sulfonamides is 1. The first kappa shape index (κ1) is 18.9. The maximum Gasteiger partial charge on any atom is 0.240 e. The number of benzene rings is 1. The SMILES string of the molecule is CCOc1ccc(S(=O)(=O)NC[C@@H](c2ccsc2)N(C)C)cc1F. The molecule has 0 aliphatic carbocycles. The van der Waals surface area contributed by atoms with Gasteiger partial charge in [0.15, 0.2) is 11.6 Å². The van der Waals surface area contributed by atoms with Crippen LogP contribution in [0.4, 0.5) is 4.39 Å². The van der Waals surface area contributed by atoms with Gasteiger partial charge in [0.2, 0.25) is 10.0 Å². The minimum Gasteiger partial charge on any atom is -0.491 e. The van der Waals surface area contributed by atoms with Crippen LogP contribution in [0.15, 0.2) is 39.9 Å². The second-order valence-corrected chi connectivity index (χ2v) is 7.96. The molecule has 0 bridgehead atoms. The van der Waals surface area contributed by atoms with Crippen LogP contribution in [0.5, 0.6) is 5.75 Å². The van der Waals surface area contributed by atoms with Gasteiger partial charge in [0.25, 0.3) is 0 Å². The van der Waals surface area contributed by atoms with E-state index in [9.17, 15) is 12.8 Å². The van der Waals surface area contributed by atoms with Crippen LogP contribution in [0.3, 0.4) is 0 Å². The van der Waals surface area contributed by atoms with Crippen LogP contribution in [0.25, 0.3) is 0 Å². The molecule has 1 heterocycles. The van der Waals surface area contributed by atoms with Crippen molar-refractivity contribution in [3.05, 3.63) is 46.4 Å². The number of likely N-dealkylation sites (N-methyl/N-ethyl adjacent to an activating group) is 1. The first-order valence-electron chi connectivity index (χ1n) is 7.45. The van der Waals surface area contributed by atoms with Crippen molar-refractivity contribution in [2.24, 2.45) is 0 Å². The van der Waals surface area contributed by atoms with E-state index < -0.39 is 15.8 Å². The van der Waals surface area contributed by atoms with E-state index in [1.807, 2.05) is 35.8 Å². The number of hydrogen-bond acceptors (Lipinski definition) is 5. The molecule has 0 saturated carbocycles. The summed E-state index contributed by atoms with van der Waals surface area (Å²) < 4.78 is 46.4. The molecule has 0 saturated heterocycles. The molecule has 0 spiro atoms. The van der Waals surface area contributed by atoms with Gasteiger partial charge in [-0.1, -0.05) is 0 Å². The van der Waals surface area contributed by atoms with Crippen molar-refractivity contribution >= 4 is 21.4 Å². The third kappa shape index (κ3) is 4.54. The Morgan fingerprint density at radius 2 is 2.08 bits per heavy atom. The molecule has 0 fully saturated rings. The van der Waals surface area contributed by atoms with E-state index in [0.29, 0.717) is 6.61 Å². The summed E-state index contributed by atoms with van der Waals surface area (Å²) in [6.45, 7) is 2.24. The summed E-state index contributed by atoms with van der Waals surface area (Å²) >= 11 is 1.56. The number of nitrogens with one attached hydrogen (secondary N) is 1. The number of hydrogen-bond donors (Lipinski definition) is 1. The zero-order chi connectivity index (χ0) is 17.7. The Morgan fingerprint density at radius 1 is 1.33 bits per heavy atom. The molecular formula is C16H21FN2O3S2. The normalized spacial score (nSPS) is 13.2. The van der Waals surface area contributed by atoms with E-state index in [-0.39, 0.29) is 23.2 Å². The van der Waals surface area contributed by atoms with Crippen LogP contribution in [-0.4, -0.2) is 40.6 Å². The molecular weight excluding hydrogens is 351 g/mol. The molecule has 1 aromatic heterocycles. The average molecular weight is 372 g/mol. The smallest absolute Gasteiger partial charge is 0.240 e. The molecule has 132 valence electrons. The lowest BCUT2D eigenvalue weighted by Crippen LogP contribution is -2.34. The molecule has 5 nitrogen and oxygen atoms in total. The average Bonchev–Trinajstić information content (AvgIpc) is 3.03. The van der Waals surface area contributed by atoms with Crippen molar-refractivity contribution in [2.75, 3.05) is 27.2 Å². The lowest BCUT2D eigenvalue weighted by Gasteiger charge is -2.24. The predicted octanol–water partition coefficient (Wildman–Crippen LogP) is 2.87. The fourth-order valence-electron chi connectivity index (χ4n) is 2.26. The molecule has 0 aliphatic heterocycles. The second-order valence-electron chi connectivity index (χ2n) is 5.41. The molecule has 24 heavy (non-hydrogen) atoms. The highest BCUT2D eigenvalue weighted by Crippen LogP contribution is 2.23. The Hall–Kier alpha value is -1.48. The van der Waals surface area contributed by atoms with Crippen molar-refractivity contribution in [3.63, 3.8) is 0 Å². The van der Waals surface area contributed by atoms with Gasteiger partial charge in [0, 0.05) is 12.6 Å². The lowest BCUT2D eigenvalue weighted by atomic mass is 10.1. The minimum absolute atomic E-state index is 0.0425. The summed E-state index contributed by atoms with van der Waals surface area (Å²) in [5.74, 6) is -0.650. The second kappa shape index (κ2) is 8.06. The van der Waals surface area contributed by atoms with Gasteiger partial charge in [-0.3, -0.25) is 0 Å². The molecule has 0 unspecified atom stereocenters. The Kier molecular flexibility index (Phi) is 6.34. The largest absolute Gasteiger partial charge is 0.491 e. The molecule has 1 N–H and O–H groups in total. The van der Waals surface area contributed by atoms with E-state index in [1.165, 1.54) is 12.1 Å². The van der Waals surface area contributed by atoms with Crippen LogP contribution in [0.1, 0.15) is 18.5 Å². The fraction of sp³-hybridized carbons (Fsp3) is 0.375.